The smallest absolute Gasteiger partial charge is 0.104 e. The second-order valence-electron chi connectivity index (χ2n) is 3.74. The quantitative estimate of drug-likeness (QED) is 0.625. The molecule has 0 unspecified atom stereocenters. The molecule has 0 aliphatic heterocycles. The monoisotopic (exact) mass is 258 g/mol. The summed E-state index contributed by atoms with van der Waals surface area (Å²) in [5.74, 6) is 4.60. The topological polar surface area (TPSA) is 13.1 Å². The van der Waals surface area contributed by atoms with Crippen molar-refractivity contribution >= 4 is 23.5 Å². The Morgan fingerprint density at radius 1 is 1.19 bits per heavy atom. The van der Waals surface area contributed by atoms with Gasteiger partial charge >= 0.3 is 0 Å². The van der Waals surface area contributed by atoms with E-state index in [1.807, 2.05) is 6.92 Å². The molecule has 1 nitrogen and oxygen atoms in total. The van der Waals surface area contributed by atoms with Crippen LogP contribution in [0.2, 0.25) is 0 Å². The van der Waals surface area contributed by atoms with Crippen molar-refractivity contribution in [2.45, 2.75) is 44.6 Å². The summed E-state index contributed by atoms with van der Waals surface area (Å²) in [5, 5.41) is 0. The molecule has 0 N–H and O–H groups in total. The van der Waals surface area contributed by atoms with Crippen molar-refractivity contribution in [2.75, 3.05) is 11.5 Å². The predicted molar refractivity (Wildman–Crippen MR) is 76.4 cm³/mol. The van der Waals surface area contributed by atoms with Gasteiger partial charge in [-0.15, -0.1) is 23.5 Å². The Bertz CT molecular complexity index is 277. The van der Waals surface area contributed by atoms with Crippen LogP contribution in [0.15, 0.2) is 16.5 Å². The summed E-state index contributed by atoms with van der Waals surface area (Å²) in [7, 11) is 0. The van der Waals surface area contributed by atoms with Gasteiger partial charge in [0.05, 0.1) is 4.58 Å². The van der Waals surface area contributed by atoms with Gasteiger partial charge in [-0.05, 0) is 43.4 Å². The molecule has 1 rings (SSSR count). The van der Waals surface area contributed by atoms with Gasteiger partial charge < -0.3 is 4.42 Å². The maximum atomic E-state index is 5.57. The van der Waals surface area contributed by atoms with Crippen LogP contribution in [0.25, 0.3) is 0 Å². The average Bonchev–Trinajstić information content (AvgIpc) is 2.65. The molecule has 0 aliphatic rings. The van der Waals surface area contributed by atoms with Crippen LogP contribution in [-0.2, 0) is 6.42 Å². The zero-order chi connectivity index (χ0) is 11.8. The maximum Gasteiger partial charge on any atom is 0.104 e. The summed E-state index contributed by atoms with van der Waals surface area (Å²) in [4.78, 5) is 0. The molecule has 1 aromatic rings. The van der Waals surface area contributed by atoms with E-state index in [1.54, 1.807) is 0 Å². The fraction of sp³-hybridized carbons (Fsp3) is 0.692. The zero-order valence-corrected chi connectivity index (χ0v) is 12.1. The Balaban J connectivity index is 2.21. The highest BCUT2D eigenvalue weighted by Gasteiger charge is 2.08. The number of thioether (sulfide) groups is 2. The van der Waals surface area contributed by atoms with Gasteiger partial charge in [-0.25, -0.2) is 0 Å². The van der Waals surface area contributed by atoms with E-state index in [9.17, 15) is 0 Å². The molecule has 16 heavy (non-hydrogen) atoms. The number of hydrogen-bond donors (Lipinski definition) is 0. The van der Waals surface area contributed by atoms with Crippen LogP contribution in [0.1, 0.15) is 38.2 Å². The van der Waals surface area contributed by atoms with Crippen LogP contribution in [0.5, 0.6) is 0 Å². The third-order valence-electron chi connectivity index (χ3n) is 2.36. The third kappa shape index (κ3) is 5.35. The van der Waals surface area contributed by atoms with Gasteiger partial charge in [-0.2, -0.15) is 0 Å². The summed E-state index contributed by atoms with van der Waals surface area (Å²) in [6.45, 7) is 6.49. The molecule has 92 valence electrons. The average molecular weight is 258 g/mol. The van der Waals surface area contributed by atoms with E-state index in [-0.39, 0.29) is 0 Å². The van der Waals surface area contributed by atoms with Gasteiger partial charge in [0.1, 0.15) is 11.5 Å². The van der Waals surface area contributed by atoms with Gasteiger partial charge in [0.15, 0.2) is 0 Å². The van der Waals surface area contributed by atoms with E-state index in [0.717, 1.165) is 22.5 Å². The Morgan fingerprint density at radius 3 is 2.38 bits per heavy atom. The zero-order valence-electron chi connectivity index (χ0n) is 10.5. The Labute approximate surface area is 108 Å². The first kappa shape index (κ1) is 14.0. The number of hydrogen-bond acceptors (Lipinski definition) is 3. The van der Waals surface area contributed by atoms with E-state index in [1.165, 1.54) is 24.3 Å². The first-order chi connectivity index (χ1) is 7.76. The van der Waals surface area contributed by atoms with Crippen molar-refractivity contribution in [1.82, 2.24) is 0 Å². The highest BCUT2D eigenvalue weighted by atomic mass is 32.2. The van der Waals surface area contributed by atoms with Crippen molar-refractivity contribution < 1.29 is 4.42 Å². The Morgan fingerprint density at radius 2 is 1.88 bits per heavy atom. The summed E-state index contributed by atoms with van der Waals surface area (Å²) in [5.41, 5.74) is 0. The second kappa shape index (κ2) is 8.13. The number of aryl methyl sites for hydroxylation is 2. The van der Waals surface area contributed by atoms with E-state index in [2.05, 4.69) is 49.5 Å². The molecule has 0 saturated carbocycles. The minimum Gasteiger partial charge on any atom is -0.466 e. The molecule has 0 saturated heterocycles. The molecule has 1 heterocycles. The molecule has 1 aromatic heterocycles. The van der Waals surface area contributed by atoms with E-state index in [4.69, 9.17) is 4.42 Å². The van der Waals surface area contributed by atoms with Crippen molar-refractivity contribution in [3.8, 4) is 0 Å². The second-order valence-corrected chi connectivity index (χ2v) is 7.00. The van der Waals surface area contributed by atoms with Crippen LogP contribution in [0.3, 0.4) is 0 Å². The van der Waals surface area contributed by atoms with Crippen LogP contribution in [0, 0.1) is 6.92 Å². The molecule has 0 aromatic carbocycles. The van der Waals surface area contributed by atoms with E-state index >= 15 is 0 Å². The molecule has 0 fully saturated rings. The molecule has 0 spiro atoms. The van der Waals surface area contributed by atoms with Gasteiger partial charge in [0.25, 0.3) is 0 Å². The van der Waals surface area contributed by atoms with Crippen LogP contribution in [-0.4, -0.2) is 16.1 Å². The molecule has 0 radical (unpaired) electrons. The Hall–Kier alpha value is -0.0200. The molecule has 3 heteroatoms. The van der Waals surface area contributed by atoms with Crippen molar-refractivity contribution in [3.63, 3.8) is 0 Å². The minimum absolute atomic E-state index is 0.769. The van der Waals surface area contributed by atoms with E-state index in [0.29, 0.717) is 0 Å². The van der Waals surface area contributed by atoms with Crippen molar-refractivity contribution in [2.24, 2.45) is 0 Å². The van der Waals surface area contributed by atoms with Gasteiger partial charge in [0.2, 0.25) is 0 Å². The predicted octanol–water partition coefficient (Wildman–Crippen LogP) is 4.74. The van der Waals surface area contributed by atoms with Crippen LogP contribution < -0.4 is 0 Å². The van der Waals surface area contributed by atoms with Gasteiger partial charge in [-0.3, -0.25) is 0 Å². The fourth-order valence-corrected chi connectivity index (χ4v) is 4.26. The van der Waals surface area contributed by atoms with Gasteiger partial charge in [0, 0.05) is 6.42 Å². The summed E-state index contributed by atoms with van der Waals surface area (Å²) in [6, 6.07) is 4.15. The van der Waals surface area contributed by atoms with Crippen molar-refractivity contribution in [3.05, 3.63) is 23.7 Å². The summed E-state index contributed by atoms with van der Waals surface area (Å²) < 4.78 is 6.34. The molecule has 0 atom stereocenters. The maximum absolute atomic E-state index is 5.57. The standard InChI is InChI=1S/C13H22OS2/c1-4-15-13(16-5-2)8-6-7-12-10-9-11(3)14-12/h9-10,13H,4-8H2,1-3H3. The van der Waals surface area contributed by atoms with Crippen LogP contribution >= 0.6 is 23.5 Å². The first-order valence-electron chi connectivity index (χ1n) is 6.04. The lowest BCUT2D eigenvalue weighted by Crippen LogP contribution is -1.99. The molecule has 0 amide bonds. The molecular formula is C13H22OS2. The summed E-state index contributed by atoms with van der Waals surface area (Å²) >= 11 is 4.15. The highest BCUT2D eigenvalue weighted by molar-refractivity contribution is 8.16. The number of furan rings is 1. The van der Waals surface area contributed by atoms with E-state index < -0.39 is 0 Å². The Kier molecular flexibility index (Phi) is 7.13. The molecule has 0 aliphatic carbocycles. The summed E-state index contributed by atoms with van der Waals surface area (Å²) in [6.07, 6.45) is 3.60. The molecule has 0 bridgehead atoms. The first-order valence-corrected chi connectivity index (χ1v) is 8.14. The highest BCUT2D eigenvalue weighted by Crippen LogP contribution is 2.28. The molecular weight excluding hydrogens is 236 g/mol. The lowest BCUT2D eigenvalue weighted by atomic mass is 10.2. The normalized spacial score (nSPS) is 11.2. The lowest BCUT2D eigenvalue weighted by molar-refractivity contribution is 0.476. The third-order valence-corrected chi connectivity index (χ3v) is 5.06. The number of rotatable bonds is 8. The largest absolute Gasteiger partial charge is 0.466 e. The SMILES string of the molecule is CCSC(CCCc1ccc(C)o1)SCC. The fourth-order valence-electron chi connectivity index (χ4n) is 1.65. The van der Waals surface area contributed by atoms with Crippen molar-refractivity contribution in [1.29, 1.82) is 0 Å². The lowest BCUT2D eigenvalue weighted by Gasteiger charge is -2.13. The minimum atomic E-state index is 0.769. The van der Waals surface area contributed by atoms with Crippen LogP contribution in [0.4, 0.5) is 0 Å². The van der Waals surface area contributed by atoms with Gasteiger partial charge in [-0.1, -0.05) is 13.8 Å².